The predicted molar refractivity (Wildman–Crippen MR) is 119 cm³/mol. The Morgan fingerprint density at radius 3 is 2.44 bits per heavy atom. The monoisotopic (exact) mass is 500 g/mol. The highest BCUT2D eigenvalue weighted by Gasteiger charge is 2.36. The smallest absolute Gasteiger partial charge is 0.420 e. The Bertz CT molecular complexity index is 1280. The molecule has 1 aromatic heterocycles. The molecule has 0 aliphatic carbocycles. The number of alkyl halides is 3. The highest BCUT2D eigenvalue weighted by molar-refractivity contribution is 7.80. The van der Waals surface area contributed by atoms with Crippen molar-refractivity contribution in [1.29, 1.82) is 0 Å². The van der Waals surface area contributed by atoms with Gasteiger partial charge in [-0.2, -0.15) is 21.9 Å². The fourth-order valence-electron chi connectivity index (χ4n) is 2.46. The number of ether oxygens (including phenoxy) is 1. The fraction of sp³-hybridized carbons (Fsp3) is 0.0526. The molecule has 0 saturated carbocycles. The van der Waals surface area contributed by atoms with Crippen molar-refractivity contribution in [1.82, 2.24) is 8.75 Å². The van der Waals surface area contributed by atoms with Crippen LogP contribution in [0.5, 0.6) is 11.5 Å². The first-order valence-electron chi connectivity index (χ1n) is 8.55. The summed E-state index contributed by atoms with van der Waals surface area (Å²) in [4.78, 5) is 10.2. The Kier molecular flexibility index (Phi) is 7.06. The van der Waals surface area contributed by atoms with Gasteiger partial charge >= 0.3 is 6.18 Å². The van der Waals surface area contributed by atoms with Gasteiger partial charge in [-0.25, -0.2) is 0 Å². The third-order valence-corrected chi connectivity index (χ3v) is 5.05. The molecular formula is C19H12ClF3N4O3S2. The van der Waals surface area contributed by atoms with Crippen molar-refractivity contribution in [2.45, 2.75) is 11.1 Å². The lowest BCUT2D eigenvalue weighted by molar-refractivity contribution is -0.385. The van der Waals surface area contributed by atoms with Crippen LogP contribution in [-0.4, -0.2) is 13.7 Å². The molecule has 0 amide bonds. The van der Waals surface area contributed by atoms with E-state index < -0.39 is 28.1 Å². The number of anilines is 1. The van der Waals surface area contributed by atoms with Crippen molar-refractivity contribution in [3.63, 3.8) is 0 Å². The molecule has 0 aliphatic rings. The quantitative estimate of drug-likeness (QED) is 0.142. The van der Waals surface area contributed by atoms with Crippen LogP contribution >= 0.6 is 36.0 Å². The molecule has 4 aromatic rings. The van der Waals surface area contributed by atoms with E-state index in [0.29, 0.717) is 16.6 Å². The second-order valence-corrected chi connectivity index (χ2v) is 7.58. The number of nitrogens with zero attached hydrogens (tertiary/aromatic N) is 3. The van der Waals surface area contributed by atoms with Gasteiger partial charge < -0.3 is 10.5 Å². The number of nitro groups is 1. The van der Waals surface area contributed by atoms with Gasteiger partial charge in [0.15, 0.2) is 0 Å². The third-order valence-electron chi connectivity index (χ3n) is 3.93. The molecular weight excluding hydrogens is 489 g/mol. The number of fused-ring (bicyclic) bond motifs is 1. The zero-order chi connectivity index (χ0) is 23.5. The zero-order valence-electron chi connectivity index (χ0n) is 15.7. The number of benzene rings is 3. The minimum absolute atomic E-state index is 0.0150. The molecule has 2 N–H and O–H groups in total. The van der Waals surface area contributed by atoms with Crippen molar-refractivity contribution < 1.29 is 22.8 Å². The highest BCUT2D eigenvalue weighted by atomic mass is 35.5. The van der Waals surface area contributed by atoms with E-state index in [9.17, 15) is 23.3 Å². The molecule has 3 aromatic carbocycles. The fourth-order valence-corrected chi connectivity index (χ4v) is 3.52. The van der Waals surface area contributed by atoms with Gasteiger partial charge in [-0.1, -0.05) is 17.7 Å². The van der Waals surface area contributed by atoms with E-state index in [1.54, 1.807) is 0 Å². The topological polar surface area (TPSA) is 104 Å². The van der Waals surface area contributed by atoms with Crippen LogP contribution in [0.3, 0.4) is 0 Å². The van der Waals surface area contributed by atoms with E-state index in [1.807, 2.05) is 18.2 Å². The number of hydrogen-bond donors (Lipinski definition) is 2. The van der Waals surface area contributed by atoms with Crippen LogP contribution in [-0.2, 0) is 6.18 Å². The van der Waals surface area contributed by atoms with Crippen LogP contribution in [0.4, 0.5) is 24.5 Å². The van der Waals surface area contributed by atoms with Crippen molar-refractivity contribution in [3.8, 4) is 11.5 Å². The SMILES string of the molecule is Nc1cccc2nsnc12.O=[N+]([O-])c1ccc(Oc2ccc(S)cc2Cl)c(C(F)(F)F)c1. The van der Waals surface area contributed by atoms with Crippen LogP contribution in [0, 0.1) is 10.1 Å². The minimum Gasteiger partial charge on any atom is -0.455 e. The first-order valence-corrected chi connectivity index (χ1v) is 10.1. The molecule has 0 saturated heterocycles. The predicted octanol–water partition coefficient (Wildman–Crippen LogP) is 6.62. The highest BCUT2D eigenvalue weighted by Crippen LogP contribution is 2.41. The molecule has 0 bridgehead atoms. The second kappa shape index (κ2) is 9.59. The van der Waals surface area contributed by atoms with Gasteiger partial charge in [0.2, 0.25) is 0 Å². The average Bonchev–Trinajstić information content (AvgIpc) is 3.20. The number of thiol groups is 1. The van der Waals surface area contributed by atoms with Crippen LogP contribution < -0.4 is 10.5 Å². The molecule has 166 valence electrons. The van der Waals surface area contributed by atoms with Crippen LogP contribution in [0.15, 0.2) is 59.5 Å². The number of nitro benzene ring substituents is 1. The average molecular weight is 501 g/mol. The van der Waals surface area contributed by atoms with Gasteiger partial charge in [-0.05, 0) is 36.4 Å². The Morgan fingerprint density at radius 2 is 1.81 bits per heavy atom. The molecule has 0 unspecified atom stereocenters. The minimum atomic E-state index is -4.81. The largest absolute Gasteiger partial charge is 0.455 e. The standard InChI is InChI=1S/C13H7ClF3NO3S.C6H5N3S/c14-10-6-8(22)2-4-12(10)21-11-3-1-7(18(19)20)5-9(11)13(15,16)17;7-4-2-1-3-5-6(4)9-10-8-5/h1-6,22H;1-3H,7H2. The van der Waals surface area contributed by atoms with E-state index >= 15 is 0 Å². The van der Waals surface area contributed by atoms with Gasteiger partial charge in [-0.3, -0.25) is 10.1 Å². The lowest BCUT2D eigenvalue weighted by Crippen LogP contribution is -2.08. The molecule has 32 heavy (non-hydrogen) atoms. The lowest BCUT2D eigenvalue weighted by Gasteiger charge is -2.14. The summed E-state index contributed by atoms with van der Waals surface area (Å²) >= 11 is 11.1. The summed E-state index contributed by atoms with van der Waals surface area (Å²) in [6.45, 7) is 0. The van der Waals surface area contributed by atoms with Gasteiger partial charge in [0, 0.05) is 17.0 Å². The number of halogens is 4. The zero-order valence-corrected chi connectivity index (χ0v) is 18.2. The maximum atomic E-state index is 13.0. The van der Waals surface area contributed by atoms with Crippen molar-refractivity contribution in [3.05, 3.63) is 75.3 Å². The number of rotatable bonds is 3. The van der Waals surface area contributed by atoms with E-state index in [0.717, 1.165) is 23.2 Å². The van der Waals surface area contributed by atoms with Crippen molar-refractivity contribution in [2.75, 3.05) is 5.73 Å². The molecule has 0 aliphatic heterocycles. The summed E-state index contributed by atoms with van der Waals surface area (Å²) in [6, 6.07) is 12.1. The Labute approximate surface area is 193 Å². The molecule has 0 fully saturated rings. The normalized spacial score (nSPS) is 11.0. The Balaban J connectivity index is 0.000000238. The lowest BCUT2D eigenvalue weighted by atomic mass is 10.1. The van der Waals surface area contributed by atoms with E-state index in [2.05, 4.69) is 21.4 Å². The second-order valence-electron chi connectivity index (χ2n) is 6.13. The summed E-state index contributed by atoms with van der Waals surface area (Å²) in [5.74, 6) is -0.592. The maximum absolute atomic E-state index is 13.0. The summed E-state index contributed by atoms with van der Waals surface area (Å²) in [5, 5.41) is 10.7. The van der Waals surface area contributed by atoms with Crippen molar-refractivity contribution >= 4 is 58.4 Å². The first-order chi connectivity index (χ1) is 15.1. The van der Waals surface area contributed by atoms with Gasteiger partial charge in [-0.15, -0.1) is 12.6 Å². The van der Waals surface area contributed by atoms with Crippen LogP contribution in [0.1, 0.15) is 5.56 Å². The molecule has 13 heteroatoms. The Morgan fingerprint density at radius 1 is 1.09 bits per heavy atom. The molecule has 7 nitrogen and oxygen atoms in total. The Hall–Kier alpha value is -3.09. The maximum Gasteiger partial charge on any atom is 0.420 e. The molecule has 0 radical (unpaired) electrons. The van der Waals surface area contributed by atoms with E-state index in [4.69, 9.17) is 22.1 Å². The summed E-state index contributed by atoms with van der Waals surface area (Å²) in [6.07, 6.45) is -4.81. The number of aromatic nitrogens is 2. The van der Waals surface area contributed by atoms with E-state index in [1.165, 1.54) is 29.9 Å². The summed E-state index contributed by atoms with van der Waals surface area (Å²) in [7, 11) is 0. The van der Waals surface area contributed by atoms with E-state index in [-0.39, 0.29) is 10.8 Å². The molecule has 0 spiro atoms. The van der Waals surface area contributed by atoms with Crippen LogP contribution in [0.2, 0.25) is 5.02 Å². The number of nitrogen functional groups attached to an aromatic ring is 1. The first kappa shape index (κ1) is 23.6. The molecule has 4 rings (SSSR count). The summed E-state index contributed by atoms with van der Waals surface area (Å²) < 4.78 is 52.2. The molecule has 0 atom stereocenters. The number of non-ortho nitro benzene ring substituents is 1. The number of nitrogens with two attached hydrogens (primary N) is 1. The van der Waals surface area contributed by atoms with Crippen molar-refractivity contribution in [2.24, 2.45) is 0 Å². The van der Waals surface area contributed by atoms with Gasteiger partial charge in [0.05, 0.1) is 27.4 Å². The van der Waals surface area contributed by atoms with Gasteiger partial charge in [0.25, 0.3) is 5.69 Å². The van der Waals surface area contributed by atoms with Crippen LogP contribution in [0.25, 0.3) is 11.0 Å². The number of hydrogen-bond acceptors (Lipinski definition) is 8. The van der Waals surface area contributed by atoms with Gasteiger partial charge in [0.1, 0.15) is 28.1 Å². The summed E-state index contributed by atoms with van der Waals surface area (Å²) in [5.41, 5.74) is 6.06. The molecule has 1 heterocycles. The third kappa shape index (κ3) is 5.58.